The third kappa shape index (κ3) is 4.81. The first-order valence-electron chi connectivity index (χ1n) is 19.1. The maximum absolute atomic E-state index is 6.34. The molecule has 12 aromatic rings. The fraction of sp³-hybridized carbons (Fsp3) is 0. The molecule has 0 unspecified atom stereocenters. The summed E-state index contributed by atoms with van der Waals surface area (Å²) < 4.78 is 10.9. The van der Waals surface area contributed by atoms with Crippen molar-refractivity contribution in [3.63, 3.8) is 0 Å². The van der Waals surface area contributed by atoms with E-state index in [0.717, 1.165) is 82.7 Å². The summed E-state index contributed by atoms with van der Waals surface area (Å²) in [7, 11) is 0. The van der Waals surface area contributed by atoms with E-state index in [9.17, 15) is 0 Å². The van der Waals surface area contributed by atoms with E-state index < -0.39 is 0 Å². The molecule has 0 aliphatic heterocycles. The average Bonchev–Trinajstić information content (AvgIpc) is 3.95. The molecule has 0 amide bonds. The Hall–Kier alpha value is -7.83. The van der Waals surface area contributed by atoms with Crippen LogP contribution in [0, 0.1) is 0 Å². The minimum absolute atomic E-state index is 0.537. The number of hydrogen-bond acceptors (Lipinski definition) is 4. The van der Waals surface area contributed by atoms with Gasteiger partial charge in [-0.3, -0.25) is 4.57 Å². The van der Waals surface area contributed by atoms with Crippen molar-refractivity contribution in [2.45, 2.75) is 0 Å². The van der Waals surface area contributed by atoms with Crippen LogP contribution in [0.3, 0.4) is 0 Å². The Morgan fingerprint density at radius 1 is 0.351 bits per heavy atom. The summed E-state index contributed by atoms with van der Waals surface area (Å²) in [6.07, 6.45) is 0. The first-order chi connectivity index (χ1) is 28.3. The molecule has 0 atom stereocenters. The van der Waals surface area contributed by atoms with E-state index in [-0.39, 0.29) is 0 Å². The molecule has 0 bridgehead atoms. The highest BCUT2D eigenvalue weighted by Gasteiger charge is 2.23. The molecule has 266 valence electrons. The summed E-state index contributed by atoms with van der Waals surface area (Å²) in [6, 6.07) is 65.5. The Morgan fingerprint density at radius 3 is 1.70 bits per heavy atom. The molecule has 6 nitrogen and oxygen atoms in total. The minimum atomic E-state index is 0.537. The fourth-order valence-corrected chi connectivity index (χ4v) is 8.73. The average molecular weight is 730 g/mol. The number of furan rings is 1. The van der Waals surface area contributed by atoms with Crippen LogP contribution in [-0.4, -0.2) is 24.1 Å². The first-order valence-corrected chi connectivity index (χ1v) is 19.1. The molecule has 0 aliphatic rings. The summed E-state index contributed by atoms with van der Waals surface area (Å²) in [4.78, 5) is 16.0. The lowest BCUT2D eigenvalue weighted by molar-refractivity contribution is 0.669. The largest absolute Gasteiger partial charge is 0.456 e. The van der Waals surface area contributed by atoms with Crippen LogP contribution < -0.4 is 0 Å². The number of benzene rings is 8. The number of para-hydroxylation sites is 4. The molecule has 4 heterocycles. The van der Waals surface area contributed by atoms with E-state index in [1.807, 2.05) is 36.4 Å². The standard InChI is InChI=1S/C51H31N5O/c1-2-15-32(16-3-1)33-17-12-18-34(31-33)49-52-50(39-23-13-30-46-47(39)38-22-7-11-29-45(38)57-46)54-51(53-49)56-42-26-10-6-21-37(42)48-43(27-14-28-44(48)56)55-40-24-8-4-19-35(40)36-20-5-9-25-41(36)55/h1-31H. The van der Waals surface area contributed by atoms with Gasteiger partial charge in [-0.05, 0) is 59.7 Å². The van der Waals surface area contributed by atoms with Gasteiger partial charge in [-0.2, -0.15) is 9.97 Å². The van der Waals surface area contributed by atoms with E-state index in [2.05, 4.69) is 161 Å². The molecule has 6 heteroatoms. The van der Waals surface area contributed by atoms with Gasteiger partial charge in [0.05, 0.1) is 27.8 Å². The predicted molar refractivity (Wildman–Crippen MR) is 232 cm³/mol. The Morgan fingerprint density at radius 2 is 0.912 bits per heavy atom. The van der Waals surface area contributed by atoms with Crippen molar-refractivity contribution in [2.75, 3.05) is 0 Å². The number of hydrogen-bond donors (Lipinski definition) is 0. The lowest BCUT2D eigenvalue weighted by atomic mass is 10.0. The second-order valence-electron chi connectivity index (χ2n) is 14.4. The van der Waals surface area contributed by atoms with Crippen molar-refractivity contribution in [3.8, 4) is 45.5 Å². The molecular weight excluding hydrogens is 699 g/mol. The van der Waals surface area contributed by atoms with Crippen LogP contribution in [0.4, 0.5) is 0 Å². The highest BCUT2D eigenvalue weighted by molar-refractivity contribution is 6.16. The Bertz CT molecular complexity index is 3490. The predicted octanol–water partition coefficient (Wildman–Crippen LogP) is 13.0. The fourth-order valence-electron chi connectivity index (χ4n) is 8.73. The summed E-state index contributed by atoms with van der Waals surface area (Å²) in [5.74, 6) is 1.69. The van der Waals surface area contributed by atoms with Gasteiger partial charge >= 0.3 is 0 Å². The van der Waals surface area contributed by atoms with Crippen molar-refractivity contribution in [1.82, 2.24) is 24.1 Å². The molecule has 12 rings (SSSR count). The summed E-state index contributed by atoms with van der Waals surface area (Å²) >= 11 is 0. The summed E-state index contributed by atoms with van der Waals surface area (Å²) in [5.41, 5.74) is 11.0. The lowest BCUT2D eigenvalue weighted by Gasteiger charge is -2.13. The molecule has 0 fully saturated rings. The zero-order chi connectivity index (χ0) is 37.5. The quantitative estimate of drug-likeness (QED) is 0.177. The molecular formula is C51H31N5O. The molecule has 8 aromatic carbocycles. The maximum atomic E-state index is 6.34. The number of aromatic nitrogens is 5. The number of rotatable bonds is 5. The number of nitrogens with zero attached hydrogens (tertiary/aromatic N) is 5. The second kappa shape index (κ2) is 12.3. The van der Waals surface area contributed by atoms with E-state index in [4.69, 9.17) is 19.4 Å². The van der Waals surface area contributed by atoms with Crippen molar-refractivity contribution in [3.05, 3.63) is 188 Å². The van der Waals surface area contributed by atoms with Crippen molar-refractivity contribution >= 4 is 65.6 Å². The Balaban J connectivity index is 1.17. The van der Waals surface area contributed by atoms with Gasteiger partial charge in [0, 0.05) is 43.4 Å². The SMILES string of the molecule is c1ccc(-c2cccc(-c3nc(-c4cccc5oc6ccccc6c45)nc(-n4c5ccccc5c5c(-n6c7ccccc7c7ccccc76)cccc54)n3)c2)cc1. The van der Waals surface area contributed by atoms with Crippen LogP contribution in [-0.2, 0) is 0 Å². The highest BCUT2D eigenvalue weighted by atomic mass is 16.3. The van der Waals surface area contributed by atoms with Crippen LogP contribution in [0.25, 0.3) is 111 Å². The van der Waals surface area contributed by atoms with E-state index in [1.54, 1.807) is 0 Å². The van der Waals surface area contributed by atoms with Crippen molar-refractivity contribution in [1.29, 1.82) is 0 Å². The van der Waals surface area contributed by atoms with Crippen LogP contribution in [0.2, 0.25) is 0 Å². The first kappa shape index (κ1) is 31.5. The molecule has 4 aromatic heterocycles. The number of fused-ring (bicyclic) bond motifs is 9. The molecule has 0 saturated carbocycles. The van der Waals surface area contributed by atoms with Crippen molar-refractivity contribution in [2.24, 2.45) is 0 Å². The third-order valence-electron chi connectivity index (χ3n) is 11.2. The van der Waals surface area contributed by atoms with E-state index >= 15 is 0 Å². The summed E-state index contributed by atoms with van der Waals surface area (Å²) in [5, 5.41) is 6.67. The van der Waals surface area contributed by atoms with Gasteiger partial charge in [0.25, 0.3) is 0 Å². The van der Waals surface area contributed by atoms with Crippen molar-refractivity contribution < 1.29 is 4.42 Å². The van der Waals surface area contributed by atoms with Gasteiger partial charge in [-0.15, -0.1) is 0 Å². The van der Waals surface area contributed by atoms with Gasteiger partial charge in [0.1, 0.15) is 11.2 Å². The third-order valence-corrected chi connectivity index (χ3v) is 11.2. The van der Waals surface area contributed by atoms with Crippen LogP contribution in [0.5, 0.6) is 0 Å². The molecule has 0 saturated heterocycles. The van der Waals surface area contributed by atoms with Gasteiger partial charge in [0.2, 0.25) is 5.95 Å². The van der Waals surface area contributed by atoms with Gasteiger partial charge < -0.3 is 8.98 Å². The van der Waals surface area contributed by atoms with E-state index in [1.165, 1.54) is 10.8 Å². The topological polar surface area (TPSA) is 61.7 Å². The summed E-state index contributed by atoms with van der Waals surface area (Å²) in [6.45, 7) is 0. The maximum Gasteiger partial charge on any atom is 0.238 e. The zero-order valence-electron chi connectivity index (χ0n) is 30.5. The van der Waals surface area contributed by atoms with E-state index in [0.29, 0.717) is 17.6 Å². The van der Waals surface area contributed by atoms with Crippen LogP contribution in [0.15, 0.2) is 192 Å². The van der Waals surface area contributed by atoms with Gasteiger partial charge in [0.15, 0.2) is 11.6 Å². The van der Waals surface area contributed by atoms with Crippen LogP contribution in [0.1, 0.15) is 0 Å². The minimum Gasteiger partial charge on any atom is -0.456 e. The molecule has 0 N–H and O–H groups in total. The normalized spacial score (nSPS) is 11.9. The zero-order valence-corrected chi connectivity index (χ0v) is 30.5. The van der Waals surface area contributed by atoms with Gasteiger partial charge in [-0.1, -0.05) is 140 Å². The lowest BCUT2D eigenvalue weighted by Crippen LogP contribution is -2.06. The Labute approximate surface area is 326 Å². The molecule has 0 spiro atoms. The highest BCUT2D eigenvalue weighted by Crippen LogP contribution is 2.41. The second-order valence-corrected chi connectivity index (χ2v) is 14.4. The smallest absolute Gasteiger partial charge is 0.238 e. The monoisotopic (exact) mass is 729 g/mol. The van der Waals surface area contributed by atoms with Gasteiger partial charge in [-0.25, -0.2) is 4.98 Å². The molecule has 57 heavy (non-hydrogen) atoms. The molecule has 0 radical (unpaired) electrons. The molecule has 0 aliphatic carbocycles. The Kier molecular flexibility index (Phi) is 6.83. The van der Waals surface area contributed by atoms with Crippen LogP contribution >= 0.6 is 0 Å².